The first kappa shape index (κ1) is 24.2. The zero-order chi connectivity index (χ0) is 25.9. The number of β-lactam (4-membered cyclic amide) rings is 1. The molecule has 0 bridgehead atoms. The highest BCUT2D eigenvalue weighted by molar-refractivity contribution is 5.94. The second kappa shape index (κ2) is 10.2. The summed E-state index contributed by atoms with van der Waals surface area (Å²) in [5.41, 5.74) is 2.65. The molecule has 1 aliphatic heterocycles. The Hall–Kier alpha value is -4.51. The van der Waals surface area contributed by atoms with Crippen LogP contribution in [0.2, 0.25) is 0 Å². The SMILES string of the molecule is COc1ccc(OC)c(C2C(Oc3ccccc3C#N)C(=O)N2Cc2cccc(NC(=O)C3CC3)c2)c1. The van der Waals surface area contributed by atoms with Gasteiger partial charge in [-0.1, -0.05) is 24.3 Å². The predicted molar refractivity (Wildman–Crippen MR) is 136 cm³/mol. The van der Waals surface area contributed by atoms with Crippen molar-refractivity contribution in [2.75, 3.05) is 19.5 Å². The number of anilines is 1. The lowest BCUT2D eigenvalue weighted by Gasteiger charge is -2.47. The van der Waals surface area contributed by atoms with Crippen LogP contribution in [-0.4, -0.2) is 37.0 Å². The van der Waals surface area contributed by atoms with Gasteiger partial charge in [0.15, 0.2) is 0 Å². The second-order valence-electron chi connectivity index (χ2n) is 9.13. The second-order valence-corrected chi connectivity index (χ2v) is 9.13. The van der Waals surface area contributed by atoms with Gasteiger partial charge in [0.1, 0.15) is 29.4 Å². The number of likely N-dealkylation sites (tertiary alicyclic amines) is 1. The number of para-hydroxylation sites is 1. The van der Waals surface area contributed by atoms with Crippen LogP contribution in [0.3, 0.4) is 0 Å². The number of ether oxygens (including phenoxy) is 3. The summed E-state index contributed by atoms with van der Waals surface area (Å²) in [7, 11) is 3.15. The standard InChI is InChI=1S/C29H27N3O5/c1-35-22-12-13-25(36-2)23(15-22)26-27(37-24-9-4-3-7-20(24)16-30)29(34)32(26)17-18-6-5-8-21(14-18)31-28(33)19-10-11-19/h3-9,12-15,19,26-27H,10-11,17H2,1-2H3,(H,31,33). The van der Waals surface area contributed by atoms with Gasteiger partial charge < -0.3 is 24.4 Å². The summed E-state index contributed by atoms with van der Waals surface area (Å²) in [6, 6.07) is 21.4. The molecule has 8 heteroatoms. The molecule has 188 valence electrons. The van der Waals surface area contributed by atoms with E-state index in [1.54, 1.807) is 55.5 Å². The van der Waals surface area contributed by atoms with Gasteiger partial charge in [0.05, 0.1) is 19.8 Å². The Labute approximate surface area is 215 Å². The Morgan fingerprint density at radius 2 is 1.84 bits per heavy atom. The van der Waals surface area contributed by atoms with E-state index in [0.717, 1.165) is 24.0 Å². The largest absolute Gasteiger partial charge is 0.497 e. The molecule has 5 rings (SSSR count). The summed E-state index contributed by atoms with van der Waals surface area (Å²) in [5.74, 6) is 1.47. The lowest BCUT2D eigenvalue weighted by atomic mass is 9.88. The highest BCUT2D eigenvalue weighted by Crippen LogP contribution is 2.44. The van der Waals surface area contributed by atoms with E-state index in [2.05, 4.69) is 11.4 Å². The zero-order valence-electron chi connectivity index (χ0n) is 20.6. The summed E-state index contributed by atoms with van der Waals surface area (Å²) >= 11 is 0. The van der Waals surface area contributed by atoms with Crippen molar-refractivity contribution in [2.45, 2.75) is 31.5 Å². The number of methoxy groups -OCH3 is 2. The van der Waals surface area contributed by atoms with Gasteiger partial charge in [-0.15, -0.1) is 0 Å². The molecular formula is C29H27N3O5. The average molecular weight is 498 g/mol. The molecule has 0 spiro atoms. The average Bonchev–Trinajstić information content (AvgIpc) is 3.78. The lowest BCUT2D eigenvalue weighted by molar-refractivity contribution is -0.165. The summed E-state index contributed by atoms with van der Waals surface area (Å²) in [5, 5.41) is 12.5. The first-order valence-corrected chi connectivity index (χ1v) is 12.1. The topological polar surface area (TPSA) is 101 Å². The first-order chi connectivity index (χ1) is 18.0. The van der Waals surface area contributed by atoms with Crippen molar-refractivity contribution in [2.24, 2.45) is 5.92 Å². The van der Waals surface area contributed by atoms with Gasteiger partial charge in [0.25, 0.3) is 5.91 Å². The summed E-state index contributed by atoms with van der Waals surface area (Å²) in [6.07, 6.45) is 0.996. The fourth-order valence-corrected chi connectivity index (χ4v) is 4.54. The summed E-state index contributed by atoms with van der Waals surface area (Å²) in [4.78, 5) is 27.4. The molecule has 1 heterocycles. The Kier molecular flexibility index (Phi) is 6.69. The van der Waals surface area contributed by atoms with Gasteiger partial charge in [-0.25, -0.2) is 0 Å². The van der Waals surface area contributed by atoms with Gasteiger partial charge in [0.2, 0.25) is 12.0 Å². The van der Waals surface area contributed by atoms with Crippen LogP contribution in [0.1, 0.15) is 35.6 Å². The third-order valence-corrected chi connectivity index (χ3v) is 6.66. The van der Waals surface area contributed by atoms with Crippen molar-refractivity contribution >= 4 is 17.5 Å². The Morgan fingerprint density at radius 1 is 1.03 bits per heavy atom. The van der Waals surface area contributed by atoms with E-state index < -0.39 is 12.1 Å². The fraction of sp³-hybridized carbons (Fsp3) is 0.276. The molecule has 2 aliphatic rings. The van der Waals surface area contributed by atoms with Crippen LogP contribution in [0, 0.1) is 17.2 Å². The van der Waals surface area contributed by atoms with Crippen LogP contribution < -0.4 is 19.5 Å². The molecule has 8 nitrogen and oxygen atoms in total. The van der Waals surface area contributed by atoms with E-state index in [-0.39, 0.29) is 17.7 Å². The number of carbonyl (C=O) groups excluding carboxylic acids is 2. The van der Waals surface area contributed by atoms with Crippen molar-refractivity contribution in [1.29, 1.82) is 5.26 Å². The summed E-state index contributed by atoms with van der Waals surface area (Å²) < 4.78 is 17.2. The maximum absolute atomic E-state index is 13.4. The van der Waals surface area contributed by atoms with E-state index in [4.69, 9.17) is 14.2 Å². The maximum atomic E-state index is 13.4. The fourth-order valence-electron chi connectivity index (χ4n) is 4.54. The van der Waals surface area contributed by atoms with Crippen molar-refractivity contribution in [3.8, 4) is 23.3 Å². The number of hydrogen-bond donors (Lipinski definition) is 1. The minimum absolute atomic E-state index is 0.0285. The van der Waals surface area contributed by atoms with E-state index in [0.29, 0.717) is 35.0 Å². The molecule has 3 aromatic carbocycles. The number of benzene rings is 3. The van der Waals surface area contributed by atoms with Crippen LogP contribution in [0.15, 0.2) is 66.7 Å². The molecule has 1 aliphatic carbocycles. The van der Waals surface area contributed by atoms with Gasteiger partial charge in [-0.2, -0.15) is 5.26 Å². The quantitative estimate of drug-likeness (QED) is 0.438. The number of nitrogens with zero attached hydrogens (tertiary/aromatic N) is 2. The van der Waals surface area contributed by atoms with Crippen LogP contribution >= 0.6 is 0 Å². The first-order valence-electron chi connectivity index (χ1n) is 12.1. The van der Waals surface area contributed by atoms with Crippen LogP contribution in [0.4, 0.5) is 5.69 Å². The van der Waals surface area contributed by atoms with Crippen molar-refractivity contribution in [3.05, 3.63) is 83.4 Å². The lowest BCUT2D eigenvalue weighted by Crippen LogP contribution is -2.60. The number of carbonyl (C=O) groups is 2. The zero-order valence-corrected chi connectivity index (χ0v) is 20.6. The molecular weight excluding hydrogens is 470 g/mol. The van der Waals surface area contributed by atoms with Crippen LogP contribution in [0.5, 0.6) is 17.2 Å². The van der Waals surface area contributed by atoms with E-state index in [1.807, 2.05) is 30.3 Å². The normalized spacial score (nSPS) is 18.4. The number of amides is 2. The maximum Gasteiger partial charge on any atom is 0.267 e. The molecule has 1 saturated carbocycles. The Morgan fingerprint density at radius 3 is 2.57 bits per heavy atom. The van der Waals surface area contributed by atoms with E-state index in [9.17, 15) is 14.9 Å². The van der Waals surface area contributed by atoms with Crippen molar-refractivity contribution in [3.63, 3.8) is 0 Å². The minimum Gasteiger partial charge on any atom is -0.497 e. The van der Waals surface area contributed by atoms with Gasteiger partial charge in [-0.05, 0) is 60.9 Å². The molecule has 2 atom stereocenters. The van der Waals surface area contributed by atoms with Gasteiger partial charge in [0, 0.05) is 23.7 Å². The van der Waals surface area contributed by atoms with Crippen LogP contribution in [0.25, 0.3) is 0 Å². The van der Waals surface area contributed by atoms with Crippen molar-refractivity contribution in [1.82, 2.24) is 4.90 Å². The van der Waals surface area contributed by atoms with Gasteiger partial charge >= 0.3 is 0 Å². The molecule has 2 unspecified atom stereocenters. The van der Waals surface area contributed by atoms with E-state index in [1.165, 1.54) is 0 Å². The Bertz CT molecular complexity index is 1380. The highest BCUT2D eigenvalue weighted by atomic mass is 16.5. The third-order valence-electron chi connectivity index (χ3n) is 6.66. The monoisotopic (exact) mass is 497 g/mol. The molecule has 37 heavy (non-hydrogen) atoms. The third kappa shape index (κ3) is 4.94. The molecule has 1 N–H and O–H groups in total. The highest BCUT2D eigenvalue weighted by Gasteiger charge is 2.51. The molecule has 2 amide bonds. The number of nitrogens with one attached hydrogen (secondary N) is 1. The minimum atomic E-state index is -0.853. The number of rotatable bonds is 9. The van der Waals surface area contributed by atoms with E-state index >= 15 is 0 Å². The smallest absolute Gasteiger partial charge is 0.267 e. The molecule has 0 radical (unpaired) electrons. The predicted octanol–water partition coefficient (Wildman–Crippen LogP) is 4.46. The van der Waals surface area contributed by atoms with Crippen molar-refractivity contribution < 1.29 is 23.8 Å². The molecule has 0 aromatic heterocycles. The molecule has 2 fully saturated rings. The number of nitriles is 1. The number of hydrogen-bond acceptors (Lipinski definition) is 6. The summed E-state index contributed by atoms with van der Waals surface area (Å²) in [6.45, 7) is 0.302. The molecule has 3 aromatic rings. The Balaban J connectivity index is 1.46. The van der Waals surface area contributed by atoms with Crippen LogP contribution in [-0.2, 0) is 16.1 Å². The molecule has 1 saturated heterocycles. The van der Waals surface area contributed by atoms with Gasteiger partial charge in [-0.3, -0.25) is 9.59 Å².